The zero-order valence-corrected chi connectivity index (χ0v) is 12.6. The van der Waals surface area contributed by atoms with Crippen molar-refractivity contribution in [3.8, 4) is 5.75 Å². The summed E-state index contributed by atoms with van der Waals surface area (Å²) in [5.41, 5.74) is 1.53. The number of nitro groups is 1. The highest BCUT2D eigenvalue weighted by Crippen LogP contribution is 2.30. The van der Waals surface area contributed by atoms with E-state index in [1.54, 1.807) is 38.1 Å². The van der Waals surface area contributed by atoms with Crippen LogP contribution in [0.2, 0.25) is 0 Å². The molecule has 110 valence electrons. The molecule has 0 aliphatic carbocycles. The summed E-state index contributed by atoms with van der Waals surface area (Å²) in [6.07, 6.45) is 0. The van der Waals surface area contributed by atoms with E-state index in [0.717, 1.165) is 16.2 Å². The van der Waals surface area contributed by atoms with E-state index in [1.807, 2.05) is 30.3 Å². The molecule has 0 unspecified atom stereocenters. The monoisotopic (exact) mass is 304 g/mol. The van der Waals surface area contributed by atoms with Gasteiger partial charge in [-0.25, -0.2) is 0 Å². The summed E-state index contributed by atoms with van der Waals surface area (Å²) < 4.78 is 5.18. The van der Waals surface area contributed by atoms with Crippen LogP contribution >= 0.6 is 11.8 Å². The summed E-state index contributed by atoms with van der Waals surface area (Å²) in [4.78, 5) is 11.7. The fourth-order valence-electron chi connectivity index (χ4n) is 1.89. The molecule has 0 atom stereocenters. The van der Waals surface area contributed by atoms with Gasteiger partial charge in [0.15, 0.2) is 0 Å². The number of thioether (sulfide) groups is 1. The molecule has 2 aromatic carbocycles. The van der Waals surface area contributed by atoms with Crippen molar-refractivity contribution in [3.63, 3.8) is 0 Å². The molecule has 0 bridgehead atoms. The molecule has 5 nitrogen and oxygen atoms in total. The van der Waals surface area contributed by atoms with Gasteiger partial charge in [0.1, 0.15) is 11.4 Å². The first-order chi connectivity index (χ1) is 10.1. The number of methoxy groups -OCH3 is 1. The van der Waals surface area contributed by atoms with E-state index in [-0.39, 0.29) is 10.6 Å². The average Bonchev–Trinajstić information content (AvgIpc) is 2.52. The third-order valence-corrected chi connectivity index (χ3v) is 4.04. The van der Waals surface area contributed by atoms with Gasteiger partial charge in [-0.3, -0.25) is 10.1 Å². The van der Waals surface area contributed by atoms with Crippen molar-refractivity contribution in [2.45, 2.75) is 10.6 Å². The van der Waals surface area contributed by atoms with Gasteiger partial charge in [-0.2, -0.15) is 0 Å². The van der Waals surface area contributed by atoms with Gasteiger partial charge in [0, 0.05) is 23.8 Å². The van der Waals surface area contributed by atoms with Crippen LogP contribution in [0.5, 0.6) is 5.75 Å². The Morgan fingerprint density at radius 3 is 2.76 bits per heavy atom. The van der Waals surface area contributed by atoms with Crippen LogP contribution in [0.25, 0.3) is 0 Å². The Morgan fingerprint density at radius 1 is 1.29 bits per heavy atom. The maximum absolute atomic E-state index is 11.0. The summed E-state index contributed by atoms with van der Waals surface area (Å²) in [5.74, 6) is 1.47. The summed E-state index contributed by atoms with van der Waals surface area (Å²) in [7, 11) is 3.30. The van der Waals surface area contributed by atoms with Crippen molar-refractivity contribution in [1.82, 2.24) is 0 Å². The highest BCUT2D eigenvalue weighted by molar-refractivity contribution is 7.98. The lowest BCUT2D eigenvalue weighted by atomic mass is 10.2. The topological polar surface area (TPSA) is 64.4 Å². The van der Waals surface area contributed by atoms with Gasteiger partial charge < -0.3 is 10.1 Å². The molecule has 0 aliphatic heterocycles. The van der Waals surface area contributed by atoms with E-state index >= 15 is 0 Å². The summed E-state index contributed by atoms with van der Waals surface area (Å²) >= 11 is 1.61. The molecule has 0 saturated heterocycles. The Morgan fingerprint density at radius 2 is 2.10 bits per heavy atom. The molecular formula is C15H16N2O3S. The molecular weight excluding hydrogens is 288 g/mol. The van der Waals surface area contributed by atoms with Crippen LogP contribution < -0.4 is 10.1 Å². The molecule has 0 saturated carbocycles. The zero-order chi connectivity index (χ0) is 15.2. The van der Waals surface area contributed by atoms with Gasteiger partial charge in [-0.05, 0) is 29.8 Å². The second kappa shape index (κ2) is 6.99. The number of nitrogens with zero attached hydrogens (tertiary/aromatic N) is 1. The van der Waals surface area contributed by atoms with Crippen molar-refractivity contribution in [3.05, 3.63) is 58.1 Å². The predicted octanol–water partition coefficient (Wildman–Crippen LogP) is 3.94. The number of nitrogens with one attached hydrogen (secondary N) is 1. The van der Waals surface area contributed by atoms with Gasteiger partial charge in [-0.15, -0.1) is 11.8 Å². The molecule has 2 rings (SSSR count). The normalized spacial score (nSPS) is 10.2. The molecule has 2 aromatic rings. The van der Waals surface area contributed by atoms with Crippen LogP contribution in [0.15, 0.2) is 47.4 Å². The molecule has 6 heteroatoms. The number of hydrogen-bond donors (Lipinski definition) is 1. The van der Waals surface area contributed by atoms with Crippen molar-refractivity contribution < 1.29 is 9.66 Å². The minimum Gasteiger partial charge on any atom is -0.497 e. The average molecular weight is 304 g/mol. The number of ether oxygens (including phenoxy) is 1. The first-order valence-electron chi connectivity index (χ1n) is 6.36. The Kier molecular flexibility index (Phi) is 5.05. The minimum absolute atomic E-state index is 0.0984. The lowest BCUT2D eigenvalue weighted by Crippen LogP contribution is -1.97. The van der Waals surface area contributed by atoms with Crippen LogP contribution in [0.4, 0.5) is 11.4 Å². The largest absolute Gasteiger partial charge is 0.497 e. The zero-order valence-electron chi connectivity index (χ0n) is 11.8. The van der Waals surface area contributed by atoms with Crippen LogP contribution in [-0.2, 0) is 5.75 Å². The third kappa shape index (κ3) is 3.88. The maximum Gasteiger partial charge on any atom is 0.292 e. The summed E-state index contributed by atoms with van der Waals surface area (Å²) in [6, 6.07) is 13.0. The smallest absolute Gasteiger partial charge is 0.292 e. The fraction of sp³-hybridized carbons (Fsp3) is 0.200. The van der Waals surface area contributed by atoms with Crippen molar-refractivity contribution in [1.29, 1.82) is 0 Å². The van der Waals surface area contributed by atoms with Crippen LogP contribution in [-0.4, -0.2) is 19.1 Å². The number of nitro benzene ring substituents is 1. The van der Waals surface area contributed by atoms with Crippen molar-refractivity contribution in [2.75, 3.05) is 19.5 Å². The predicted molar refractivity (Wildman–Crippen MR) is 85.2 cm³/mol. The van der Waals surface area contributed by atoms with E-state index in [2.05, 4.69) is 5.32 Å². The SMILES string of the molecule is CNc1ccc(CSc2cccc(OC)c2)cc1[N+](=O)[O-]. The molecule has 21 heavy (non-hydrogen) atoms. The van der Waals surface area contributed by atoms with Gasteiger partial charge in [0.05, 0.1) is 12.0 Å². The molecule has 0 fully saturated rings. The van der Waals surface area contributed by atoms with E-state index in [1.165, 1.54) is 0 Å². The van der Waals surface area contributed by atoms with E-state index in [9.17, 15) is 10.1 Å². The Balaban J connectivity index is 2.12. The first-order valence-corrected chi connectivity index (χ1v) is 7.34. The molecule has 0 radical (unpaired) electrons. The third-order valence-electron chi connectivity index (χ3n) is 2.97. The number of rotatable bonds is 6. The lowest BCUT2D eigenvalue weighted by molar-refractivity contribution is -0.384. The molecule has 1 N–H and O–H groups in total. The van der Waals surface area contributed by atoms with Gasteiger partial charge in [-0.1, -0.05) is 12.1 Å². The highest BCUT2D eigenvalue weighted by Gasteiger charge is 2.13. The first kappa shape index (κ1) is 15.2. The molecule has 0 heterocycles. The second-order valence-electron chi connectivity index (χ2n) is 4.33. The van der Waals surface area contributed by atoms with E-state index in [0.29, 0.717) is 11.4 Å². The minimum atomic E-state index is -0.369. The molecule has 0 spiro atoms. The summed E-state index contributed by atoms with van der Waals surface area (Å²) in [6.45, 7) is 0. The highest BCUT2D eigenvalue weighted by atomic mass is 32.2. The Hall–Kier alpha value is -2.21. The molecule has 0 amide bonds. The fourth-order valence-corrected chi connectivity index (χ4v) is 2.77. The van der Waals surface area contributed by atoms with Crippen LogP contribution in [0, 0.1) is 10.1 Å². The number of hydrogen-bond acceptors (Lipinski definition) is 5. The van der Waals surface area contributed by atoms with Crippen molar-refractivity contribution >= 4 is 23.1 Å². The second-order valence-corrected chi connectivity index (χ2v) is 5.38. The number of benzene rings is 2. The van der Waals surface area contributed by atoms with Crippen LogP contribution in [0.1, 0.15) is 5.56 Å². The van der Waals surface area contributed by atoms with Crippen molar-refractivity contribution in [2.24, 2.45) is 0 Å². The van der Waals surface area contributed by atoms with E-state index in [4.69, 9.17) is 4.74 Å². The Labute approximate surface area is 127 Å². The maximum atomic E-state index is 11.0. The van der Waals surface area contributed by atoms with Gasteiger partial charge in [0.25, 0.3) is 5.69 Å². The molecule has 0 aliphatic rings. The van der Waals surface area contributed by atoms with Gasteiger partial charge in [0.2, 0.25) is 0 Å². The Bertz CT molecular complexity index is 647. The van der Waals surface area contributed by atoms with E-state index < -0.39 is 0 Å². The standard InChI is InChI=1S/C15H16N2O3S/c1-16-14-7-6-11(8-15(14)17(18)19)10-21-13-5-3-4-12(9-13)20-2/h3-9,16H,10H2,1-2H3. The number of anilines is 1. The summed E-state index contributed by atoms with van der Waals surface area (Å²) in [5, 5.41) is 13.9. The molecule has 0 aromatic heterocycles. The van der Waals surface area contributed by atoms with Crippen LogP contribution in [0.3, 0.4) is 0 Å². The van der Waals surface area contributed by atoms with Gasteiger partial charge >= 0.3 is 0 Å². The lowest BCUT2D eigenvalue weighted by Gasteiger charge is -2.06. The quantitative estimate of drug-likeness (QED) is 0.497.